The van der Waals surface area contributed by atoms with Crippen molar-refractivity contribution in [3.8, 4) is 0 Å². The van der Waals surface area contributed by atoms with E-state index in [-0.39, 0.29) is 11.9 Å². The van der Waals surface area contributed by atoms with Crippen LogP contribution in [0.1, 0.15) is 47.5 Å². The van der Waals surface area contributed by atoms with E-state index in [1.54, 1.807) is 6.92 Å². The third-order valence-electron chi connectivity index (χ3n) is 2.89. The molecule has 0 saturated heterocycles. The summed E-state index contributed by atoms with van der Waals surface area (Å²) in [4.78, 5) is 11.3. The molecule has 0 aliphatic heterocycles. The maximum absolute atomic E-state index is 11.3. The minimum absolute atomic E-state index is 0.199. The molecular weight excluding hydrogens is 226 g/mol. The smallest absolute Gasteiger partial charge is 0.333 e. The zero-order chi connectivity index (χ0) is 14.3. The maximum atomic E-state index is 11.3. The molecule has 0 aromatic heterocycles. The Morgan fingerprint density at radius 2 is 1.83 bits per heavy atom. The number of hydrogen-bond acceptors (Lipinski definition) is 3. The Morgan fingerprint density at radius 1 is 1.28 bits per heavy atom. The van der Waals surface area contributed by atoms with Gasteiger partial charge in [0.25, 0.3) is 0 Å². The molecule has 0 aliphatic rings. The van der Waals surface area contributed by atoms with E-state index in [4.69, 9.17) is 10.1 Å². The molecule has 0 fully saturated rings. The first kappa shape index (κ1) is 16.9. The maximum Gasteiger partial charge on any atom is 0.333 e. The van der Waals surface area contributed by atoms with Crippen LogP contribution in [0.25, 0.3) is 0 Å². The van der Waals surface area contributed by atoms with E-state index >= 15 is 0 Å². The summed E-state index contributed by atoms with van der Waals surface area (Å²) in [5.41, 5.74) is 1.19. The second-order valence-electron chi connectivity index (χ2n) is 5.68. The summed E-state index contributed by atoms with van der Waals surface area (Å²) in [7, 11) is 0. The zero-order valence-corrected chi connectivity index (χ0v) is 12.4. The van der Waals surface area contributed by atoms with Crippen LogP contribution < -0.4 is 0 Å². The Bertz CT molecular complexity index is 306. The van der Waals surface area contributed by atoms with E-state index in [0.717, 1.165) is 18.6 Å². The second-order valence-corrected chi connectivity index (χ2v) is 5.68. The first-order valence-electron chi connectivity index (χ1n) is 6.65. The van der Waals surface area contributed by atoms with Gasteiger partial charge in [0.15, 0.2) is 0 Å². The summed E-state index contributed by atoms with van der Waals surface area (Å²) >= 11 is 0. The fourth-order valence-electron chi connectivity index (χ4n) is 1.90. The van der Waals surface area contributed by atoms with Crippen molar-refractivity contribution in [2.45, 2.75) is 47.5 Å². The number of rotatable bonds is 8. The van der Waals surface area contributed by atoms with Gasteiger partial charge < -0.3 is 10.1 Å². The quantitative estimate of drug-likeness (QED) is 0.406. The molecule has 3 nitrogen and oxygen atoms in total. The van der Waals surface area contributed by atoms with Gasteiger partial charge in [-0.2, -0.15) is 0 Å². The molecular formula is C15H27NO2. The lowest BCUT2D eigenvalue weighted by atomic mass is 9.85. The number of carbonyl (C=O) groups excluding carboxylic acids is 1. The molecule has 104 valence electrons. The number of carbonyl (C=O) groups is 1. The average Bonchev–Trinajstić information content (AvgIpc) is 2.21. The lowest BCUT2D eigenvalue weighted by molar-refractivity contribution is -0.139. The SMILES string of the molecule is C=C(C)C(=O)OCCC(C(=N)CC(C)C)C(C)C. The molecule has 3 heteroatoms. The average molecular weight is 253 g/mol. The minimum atomic E-state index is -0.340. The molecule has 0 aromatic carbocycles. The number of ether oxygens (including phenoxy) is 1. The van der Waals surface area contributed by atoms with Crippen LogP contribution in [0, 0.1) is 23.2 Å². The molecule has 0 amide bonds. The molecule has 0 aromatic rings. The molecule has 1 N–H and O–H groups in total. The highest BCUT2D eigenvalue weighted by Crippen LogP contribution is 2.20. The van der Waals surface area contributed by atoms with Crippen molar-refractivity contribution in [1.29, 1.82) is 5.41 Å². The first-order chi connectivity index (χ1) is 8.25. The van der Waals surface area contributed by atoms with E-state index in [2.05, 4.69) is 34.3 Å². The summed E-state index contributed by atoms with van der Waals surface area (Å²) in [5.74, 6) is 0.759. The zero-order valence-electron chi connectivity index (χ0n) is 12.4. The molecule has 18 heavy (non-hydrogen) atoms. The predicted octanol–water partition coefficient (Wildman–Crippen LogP) is 3.83. The first-order valence-corrected chi connectivity index (χ1v) is 6.65. The van der Waals surface area contributed by atoms with Gasteiger partial charge >= 0.3 is 5.97 Å². The summed E-state index contributed by atoms with van der Waals surface area (Å²) in [6.45, 7) is 14.0. The van der Waals surface area contributed by atoms with Crippen molar-refractivity contribution < 1.29 is 9.53 Å². The lowest BCUT2D eigenvalue weighted by Crippen LogP contribution is -2.23. The highest BCUT2D eigenvalue weighted by molar-refractivity contribution is 5.87. The van der Waals surface area contributed by atoms with Crippen LogP contribution in [0.2, 0.25) is 0 Å². The van der Waals surface area contributed by atoms with Gasteiger partial charge in [0.1, 0.15) is 0 Å². The number of nitrogens with one attached hydrogen (secondary N) is 1. The van der Waals surface area contributed by atoms with Gasteiger partial charge in [-0.05, 0) is 31.6 Å². The molecule has 0 radical (unpaired) electrons. The Balaban J connectivity index is 4.25. The van der Waals surface area contributed by atoms with Crippen molar-refractivity contribution in [3.63, 3.8) is 0 Å². The molecule has 0 rings (SSSR count). The van der Waals surface area contributed by atoms with Gasteiger partial charge in [0, 0.05) is 17.2 Å². The Hall–Kier alpha value is -1.12. The van der Waals surface area contributed by atoms with Gasteiger partial charge in [0.2, 0.25) is 0 Å². The monoisotopic (exact) mass is 253 g/mol. The predicted molar refractivity (Wildman–Crippen MR) is 75.9 cm³/mol. The highest BCUT2D eigenvalue weighted by atomic mass is 16.5. The van der Waals surface area contributed by atoms with Crippen molar-refractivity contribution in [2.75, 3.05) is 6.61 Å². The molecule has 0 heterocycles. The molecule has 1 unspecified atom stereocenters. The third-order valence-corrected chi connectivity index (χ3v) is 2.89. The van der Waals surface area contributed by atoms with E-state index in [1.807, 2.05) is 0 Å². The van der Waals surface area contributed by atoms with Crippen LogP contribution in [0.3, 0.4) is 0 Å². The largest absolute Gasteiger partial charge is 0.462 e. The Kier molecular flexibility index (Phi) is 7.56. The van der Waals surface area contributed by atoms with Crippen LogP contribution in [-0.2, 0) is 9.53 Å². The van der Waals surface area contributed by atoms with Crippen molar-refractivity contribution in [2.24, 2.45) is 17.8 Å². The van der Waals surface area contributed by atoms with Gasteiger partial charge in [-0.1, -0.05) is 34.3 Å². The summed E-state index contributed by atoms with van der Waals surface area (Å²) in [5, 5.41) is 8.12. The fourth-order valence-corrected chi connectivity index (χ4v) is 1.90. The number of esters is 1. The van der Waals surface area contributed by atoms with Crippen molar-refractivity contribution in [1.82, 2.24) is 0 Å². The Labute approximate surface area is 111 Å². The number of hydrogen-bond donors (Lipinski definition) is 1. The summed E-state index contributed by atoms with van der Waals surface area (Å²) in [6, 6.07) is 0. The third kappa shape index (κ3) is 6.58. The van der Waals surface area contributed by atoms with Crippen LogP contribution in [0.4, 0.5) is 0 Å². The van der Waals surface area contributed by atoms with Gasteiger partial charge in [-0.25, -0.2) is 4.79 Å². The van der Waals surface area contributed by atoms with Crippen LogP contribution in [0.15, 0.2) is 12.2 Å². The van der Waals surface area contributed by atoms with Crippen LogP contribution in [0.5, 0.6) is 0 Å². The fraction of sp³-hybridized carbons (Fsp3) is 0.733. The van der Waals surface area contributed by atoms with E-state index in [0.29, 0.717) is 24.0 Å². The highest BCUT2D eigenvalue weighted by Gasteiger charge is 2.20. The standard InChI is InChI=1S/C15H27NO2/c1-10(2)9-14(16)13(11(3)4)7-8-18-15(17)12(5)6/h10-11,13,16H,5,7-9H2,1-4,6H3. The molecule has 0 bridgehead atoms. The van der Waals surface area contributed by atoms with Gasteiger partial charge in [0.05, 0.1) is 6.61 Å². The van der Waals surface area contributed by atoms with Crippen molar-refractivity contribution >= 4 is 11.7 Å². The van der Waals surface area contributed by atoms with Crippen LogP contribution in [-0.4, -0.2) is 18.3 Å². The topological polar surface area (TPSA) is 50.2 Å². The van der Waals surface area contributed by atoms with Crippen LogP contribution >= 0.6 is 0 Å². The summed E-state index contributed by atoms with van der Waals surface area (Å²) < 4.78 is 5.10. The lowest BCUT2D eigenvalue weighted by Gasteiger charge is -2.23. The minimum Gasteiger partial charge on any atom is -0.462 e. The van der Waals surface area contributed by atoms with E-state index in [1.165, 1.54) is 0 Å². The van der Waals surface area contributed by atoms with Gasteiger partial charge in [-0.3, -0.25) is 0 Å². The van der Waals surface area contributed by atoms with Crippen molar-refractivity contribution in [3.05, 3.63) is 12.2 Å². The van der Waals surface area contributed by atoms with E-state index < -0.39 is 0 Å². The Morgan fingerprint density at radius 3 is 2.22 bits per heavy atom. The van der Waals surface area contributed by atoms with E-state index in [9.17, 15) is 4.79 Å². The molecule has 0 aliphatic carbocycles. The molecule has 0 saturated carbocycles. The summed E-state index contributed by atoms with van der Waals surface area (Å²) in [6.07, 6.45) is 1.54. The second kappa shape index (κ2) is 8.06. The normalized spacial score (nSPS) is 12.6. The molecule has 1 atom stereocenters. The molecule has 0 spiro atoms. The van der Waals surface area contributed by atoms with Gasteiger partial charge in [-0.15, -0.1) is 0 Å².